The van der Waals surface area contributed by atoms with Crippen molar-refractivity contribution >= 4 is 17.6 Å². The molecule has 0 aliphatic carbocycles. The second-order valence-corrected chi connectivity index (χ2v) is 4.47. The van der Waals surface area contributed by atoms with Crippen LogP contribution in [0.5, 0.6) is 0 Å². The van der Waals surface area contributed by atoms with Gasteiger partial charge in [0, 0.05) is 36.2 Å². The van der Waals surface area contributed by atoms with Gasteiger partial charge in [-0.2, -0.15) is 0 Å². The van der Waals surface area contributed by atoms with Crippen LogP contribution < -0.4 is 11.1 Å². The lowest BCUT2D eigenvalue weighted by Gasteiger charge is -2.16. The van der Waals surface area contributed by atoms with Crippen LogP contribution in [0.2, 0.25) is 0 Å². The second-order valence-electron chi connectivity index (χ2n) is 4.47. The molecule has 1 aliphatic rings. The highest BCUT2D eigenvalue weighted by molar-refractivity contribution is 5.87. The fraction of sp³-hybridized carbons (Fsp3) is 0.462. The number of hydrogen-bond donors (Lipinski definition) is 3. The SMILES string of the molecule is N=Cc1cc(N)ccc1NCCN1CCCC1. The summed E-state index contributed by atoms with van der Waals surface area (Å²) in [5.41, 5.74) is 8.24. The van der Waals surface area contributed by atoms with Gasteiger partial charge in [-0.3, -0.25) is 0 Å². The molecule has 1 aromatic rings. The van der Waals surface area contributed by atoms with Gasteiger partial charge in [0.15, 0.2) is 0 Å². The van der Waals surface area contributed by atoms with Crippen LogP contribution in [0.15, 0.2) is 18.2 Å². The number of rotatable bonds is 5. The van der Waals surface area contributed by atoms with Gasteiger partial charge in [0.1, 0.15) is 0 Å². The maximum atomic E-state index is 7.35. The van der Waals surface area contributed by atoms with E-state index < -0.39 is 0 Å². The summed E-state index contributed by atoms with van der Waals surface area (Å²) in [6, 6.07) is 5.63. The largest absolute Gasteiger partial charge is 0.399 e. The van der Waals surface area contributed by atoms with E-state index in [2.05, 4.69) is 10.2 Å². The van der Waals surface area contributed by atoms with Crippen LogP contribution in [0, 0.1) is 5.41 Å². The predicted molar refractivity (Wildman–Crippen MR) is 72.9 cm³/mol. The summed E-state index contributed by atoms with van der Waals surface area (Å²) in [6.07, 6.45) is 4.00. The Labute approximate surface area is 102 Å². The molecular formula is C13H20N4. The van der Waals surface area contributed by atoms with Gasteiger partial charge in [-0.05, 0) is 44.1 Å². The van der Waals surface area contributed by atoms with Gasteiger partial charge < -0.3 is 21.4 Å². The molecular weight excluding hydrogens is 212 g/mol. The number of nitrogens with one attached hydrogen (secondary N) is 2. The highest BCUT2D eigenvalue weighted by Gasteiger charge is 2.10. The van der Waals surface area contributed by atoms with Crippen LogP contribution >= 0.6 is 0 Å². The molecule has 2 rings (SSSR count). The van der Waals surface area contributed by atoms with Crippen molar-refractivity contribution in [3.05, 3.63) is 23.8 Å². The van der Waals surface area contributed by atoms with E-state index in [4.69, 9.17) is 11.1 Å². The zero-order chi connectivity index (χ0) is 12.1. The third-order valence-corrected chi connectivity index (χ3v) is 3.17. The first-order valence-electron chi connectivity index (χ1n) is 6.16. The van der Waals surface area contributed by atoms with Crippen LogP contribution in [0.3, 0.4) is 0 Å². The average molecular weight is 232 g/mol. The topological polar surface area (TPSA) is 65.1 Å². The van der Waals surface area contributed by atoms with Gasteiger partial charge in [0.05, 0.1) is 0 Å². The third-order valence-electron chi connectivity index (χ3n) is 3.17. The van der Waals surface area contributed by atoms with Crippen molar-refractivity contribution < 1.29 is 0 Å². The Kier molecular flexibility index (Phi) is 3.98. The highest BCUT2D eigenvalue weighted by atomic mass is 15.1. The zero-order valence-corrected chi connectivity index (χ0v) is 10.1. The second kappa shape index (κ2) is 5.68. The molecule has 0 bridgehead atoms. The maximum absolute atomic E-state index is 7.35. The van der Waals surface area contributed by atoms with Crippen molar-refractivity contribution in [3.8, 4) is 0 Å². The Hall–Kier alpha value is -1.55. The zero-order valence-electron chi connectivity index (χ0n) is 10.1. The first kappa shape index (κ1) is 11.9. The Balaban J connectivity index is 1.87. The lowest BCUT2D eigenvalue weighted by Crippen LogP contribution is -2.26. The normalized spacial score (nSPS) is 16.0. The van der Waals surface area contributed by atoms with Gasteiger partial charge in [0.25, 0.3) is 0 Å². The maximum Gasteiger partial charge on any atom is 0.0431 e. The van der Waals surface area contributed by atoms with Gasteiger partial charge in [-0.25, -0.2) is 0 Å². The van der Waals surface area contributed by atoms with E-state index in [0.717, 1.165) is 24.3 Å². The molecule has 0 unspecified atom stereocenters. The van der Waals surface area contributed by atoms with Crippen LogP contribution in [-0.4, -0.2) is 37.3 Å². The Bertz CT molecular complexity index is 383. The van der Waals surface area contributed by atoms with Crippen molar-refractivity contribution in [1.82, 2.24) is 4.90 Å². The van der Waals surface area contributed by atoms with Gasteiger partial charge >= 0.3 is 0 Å². The van der Waals surface area contributed by atoms with Crippen molar-refractivity contribution in [2.24, 2.45) is 0 Å². The Morgan fingerprint density at radius 1 is 1.35 bits per heavy atom. The Morgan fingerprint density at radius 2 is 2.12 bits per heavy atom. The van der Waals surface area contributed by atoms with E-state index in [-0.39, 0.29) is 0 Å². The molecule has 0 atom stereocenters. The summed E-state index contributed by atoms with van der Waals surface area (Å²) in [7, 11) is 0. The van der Waals surface area contributed by atoms with Crippen molar-refractivity contribution in [3.63, 3.8) is 0 Å². The number of hydrogen-bond acceptors (Lipinski definition) is 4. The number of benzene rings is 1. The predicted octanol–water partition coefficient (Wildman–Crippen LogP) is 1.77. The Morgan fingerprint density at radius 3 is 2.82 bits per heavy atom. The molecule has 0 spiro atoms. The molecule has 1 fully saturated rings. The number of anilines is 2. The van der Waals surface area contributed by atoms with Crippen LogP contribution in [0.4, 0.5) is 11.4 Å². The first-order chi connectivity index (χ1) is 8.29. The van der Waals surface area contributed by atoms with Crippen molar-refractivity contribution in [1.29, 1.82) is 5.41 Å². The lowest BCUT2D eigenvalue weighted by atomic mass is 10.1. The third kappa shape index (κ3) is 3.20. The quantitative estimate of drug-likeness (QED) is 0.535. The number of likely N-dealkylation sites (tertiary alicyclic amines) is 1. The van der Waals surface area contributed by atoms with Crippen molar-refractivity contribution in [2.75, 3.05) is 37.2 Å². The molecule has 17 heavy (non-hydrogen) atoms. The van der Waals surface area contributed by atoms with E-state index in [1.165, 1.54) is 32.1 Å². The number of nitrogens with zero attached hydrogens (tertiary/aromatic N) is 1. The first-order valence-corrected chi connectivity index (χ1v) is 6.16. The molecule has 1 aromatic carbocycles. The summed E-state index contributed by atoms with van der Waals surface area (Å²) in [4.78, 5) is 2.47. The summed E-state index contributed by atoms with van der Waals surface area (Å²) >= 11 is 0. The molecule has 4 heteroatoms. The highest BCUT2D eigenvalue weighted by Crippen LogP contribution is 2.17. The summed E-state index contributed by atoms with van der Waals surface area (Å²) < 4.78 is 0. The number of nitrogens with two attached hydrogens (primary N) is 1. The van der Waals surface area contributed by atoms with E-state index in [1.54, 1.807) is 0 Å². The van der Waals surface area contributed by atoms with E-state index in [9.17, 15) is 0 Å². The van der Waals surface area contributed by atoms with Crippen LogP contribution in [0.1, 0.15) is 18.4 Å². The van der Waals surface area contributed by atoms with E-state index in [0.29, 0.717) is 5.69 Å². The van der Waals surface area contributed by atoms with E-state index in [1.807, 2.05) is 18.2 Å². The van der Waals surface area contributed by atoms with Gasteiger partial charge in [0.2, 0.25) is 0 Å². The van der Waals surface area contributed by atoms with E-state index >= 15 is 0 Å². The number of nitrogen functional groups attached to an aromatic ring is 1. The fourth-order valence-electron chi connectivity index (χ4n) is 2.22. The smallest absolute Gasteiger partial charge is 0.0431 e. The molecule has 4 N–H and O–H groups in total. The minimum Gasteiger partial charge on any atom is -0.399 e. The summed E-state index contributed by atoms with van der Waals surface area (Å²) in [5.74, 6) is 0. The monoisotopic (exact) mass is 232 g/mol. The van der Waals surface area contributed by atoms with Crippen LogP contribution in [-0.2, 0) is 0 Å². The van der Waals surface area contributed by atoms with Crippen molar-refractivity contribution in [2.45, 2.75) is 12.8 Å². The molecule has 0 aromatic heterocycles. The fourth-order valence-corrected chi connectivity index (χ4v) is 2.22. The average Bonchev–Trinajstić information content (AvgIpc) is 2.84. The molecule has 1 saturated heterocycles. The molecule has 92 valence electrons. The minimum atomic E-state index is 0.702. The molecule has 1 heterocycles. The molecule has 0 saturated carbocycles. The molecule has 4 nitrogen and oxygen atoms in total. The molecule has 1 aliphatic heterocycles. The standard InChI is InChI=1S/C13H20N4/c14-10-11-9-12(15)3-4-13(11)16-5-8-17-6-1-2-7-17/h3-4,9-10,14,16H,1-2,5-8,15H2. The molecule has 0 radical (unpaired) electrons. The van der Waals surface area contributed by atoms with Crippen LogP contribution in [0.25, 0.3) is 0 Å². The van der Waals surface area contributed by atoms with Gasteiger partial charge in [-0.15, -0.1) is 0 Å². The summed E-state index contributed by atoms with van der Waals surface area (Å²) in [5, 5.41) is 10.7. The molecule has 0 amide bonds. The lowest BCUT2D eigenvalue weighted by molar-refractivity contribution is 0.352. The summed E-state index contributed by atoms with van der Waals surface area (Å²) in [6.45, 7) is 4.44. The minimum absolute atomic E-state index is 0.702. The van der Waals surface area contributed by atoms with Gasteiger partial charge in [-0.1, -0.05) is 0 Å².